The largest absolute Gasteiger partial charge is 0.493 e. The summed E-state index contributed by atoms with van der Waals surface area (Å²) < 4.78 is 10.8. The summed E-state index contributed by atoms with van der Waals surface area (Å²) in [6.07, 6.45) is 2.88. The summed E-state index contributed by atoms with van der Waals surface area (Å²) in [6, 6.07) is 3.98. The Labute approximate surface area is 145 Å². The Kier molecular flexibility index (Phi) is 4.73. The van der Waals surface area contributed by atoms with Gasteiger partial charge in [-0.05, 0) is 36.6 Å². The first-order valence-electron chi connectivity index (χ1n) is 7.75. The zero-order valence-corrected chi connectivity index (χ0v) is 14.8. The number of ether oxygens (including phenoxy) is 2. The molecular weight excluding hydrogens is 326 g/mol. The van der Waals surface area contributed by atoms with Crippen molar-refractivity contribution in [1.29, 1.82) is 0 Å². The number of rotatable bonds is 5. The predicted octanol–water partition coefficient (Wildman–Crippen LogP) is 2.55. The van der Waals surface area contributed by atoms with Gasteiger partial charge in [0.05, 0.1) is 14.2 Å². The lowest BCUT2D eigenvalue weighted by Gasteiger charge is -2.37. The van der Waals surface area contributed by atoms with Gasteiger partial charge in [-0.1, -0.05) is 0 Å². The fraction of sp³-hybridized carbons (Fsp3) is 0.412. The topological polar surface area (TPSA) is 72.5 Å². The number of carbonyl (C=O) groups excluding carboxylic acids is 1. The van der Waals surface area contributed by atoms with E-state index >= 15 is 0 Å². The molecule has 0 aliphatic carbocycles. The normalized spacial score (nSPS) is 19.5. The molecule has 1 aromatic heterocycles. The van der Waals surface area contributed by atoms with Crippen molar-refractivity contribution in [1.82, 2.24) is 10.3 Å². The second-order valence-electron chi connectivity index (χ2n) is 5.94. The molecule has 0 saturated carbocycles. The van der Waals surface area contributed by atoms with E-state index in [2.05, 4.69) is 15.6 Å². The third-order valence-electron chi connectivity index (χ3n) is 4.31. The van der Waals surface area contributed by atoms with Crippen LogP contribution in [0.25, 0.3) is 0 Å². The Hall–Kier alpha value is -2.12. The third-order valence-corrected chi connectivity index (χ3v) is 4.99. The Morgan fingerprint density at radius 2 is 2.12 bits per heavy atom. The monoisotopic (exact) mass is 347 g/mol. The van der Waals surface area contributed by atoms with Crippen LogP contribution in [-0.4, -0.2) is 31.7 Å². The summed E-state index contributed by atoms with van der Waals surface area (Å²) in [6.45, 7) is 2.85. The molecule has 0 spiro atoms. The number of nitrogens with zero attached hydrogens (tertiary/aromatic N) is 1. The molecule has 24 heavy (non-hydrogen) atoms. The van der Waals surface area contributed by atoms with E-state index in [0.29, 0.717) is 23.1 Å². The fourth-order valence-corrected chi connectivity index (χ4v) is 3.68. The minimum absolute atomic E-state index is 0.0671. The van der Waals surface area contributed by atoms with E-state index in [4.69, 9.17) is 9.47 Å². The van der Waals surface area contributed by atoms with Gasteiger partial charge in [0.25, 0.3) is 0 Å². The van der Waals surface area contributed by atoms with Crippen molar-refractivity contribution in [2.75, 3.05) is 26.1 Å². The summed E-state index contributed by atoms with van der Waals surface area (Å²) >= 11 is 1.41. The van der Waals surface area contributed by atoms with Crippen LogP contribution in [0, 0.1) is 0 Å². The highest BCUT2D eigenvalue weighted by Crippen LogP contribution is 2.39. The molecule has 0 fully saturated rings. The molecule has 0 bridgehead atoms. The number of fused-ring (bicyclic) bond motifs is 1. The van der Waals surface area contributed by atoms with Gasteiger partial charge >= 0.3 is 0 Å². The van der Waals surface area contributed by atoms with Crippen LogP contribution in [0.4, 0.5) is 5.13 Å². The Morgan fingerprint density at radius 1 is 1.38 bits per heavy atom. The van der Waals surface area contributed by atoms with Crippen molar-refractivity contribution in [2.45, 2.75) is 25.3 Å². The summed E-state index contributed by atoms with van der Waals surface area (Å²) in [5.41, 5.74) is 1.78. The van der Waals surface area contributed by atoms with Crippen molar-refractivity contribution in [3.63, 3.8) is 0 Å². The van der Waals surface area contributed by atoms with Crippen LogP contribution in [-0.2, 0) is 16.8 Å². The lowest BCUT2D eigenvalue weighted by Crippen LogP contribution is -2.47. The standard InChI is InChI=1S/C17H21N3O3S/c1-17(10-15(21)20-16-18-6-7-24-16)12-9-14(23-3)13(22-2)8-11(12)4-5-19-17/h6-9,19H,4-5,10H2,1-3H3,(H,18,20,21). The predicted molar refractivity (Wildman–Crippen MR) is 94.0 cm³/mol. The molecular formula is C17H21N3O3S. The van der Waals surface area contributed by atoms with Crippen LogP contribution in [0.1, 0.15) is 24.5 Å². The number of methoxy groups -OCH3 is 2. The van der Waals surface area contributed by atoms with Crippen LogP contribution in [0.5, 0.6) is 11.5 Å². The van der Waals surface area contributed by atoms with Crippen molar-refractivity contribution in [3.8, 4) is 11.5 Å². The van der Waals surface area contributed by atoms with Gasteiger partial charge in [-0.3, -0.25) is 4.79 Å². The second-order valence-corrected chi connectivity index (χ2v) is 6.83. The molecule has 0 radical (unpaired) electrons. The Bertz CT molecular complexity index is 733. The summed E-state index contributed by atoms with van der Waals surface area (Å²) in [4.78, 5) is 16.5. The first kappa shape index (κ1) is 16.7. The lowest BCUT2D eigenvalue weighted by molar-refractivity contribution is -0.117. The summed E-state index contributed by atoms with van der Waals surface area (Å²) in [5, 5.41) is 8.78. The second kappa shape index (κ2) is 6.78. The molecule has 6 nitrogen and oxygen atoms in total. The minimum Gasteiger partial charge on any atom is -0.493 e. The average molecular weight is 347 g/mol. The number of carbonyl (C=O) groups is 1. The van der Waals surface area contributed by atoms with Gasteiger partial charge in [0.15, 0.2) is 16.6 Å². The number of benzene rings is 1. The first-order valence-corrected chi connectivity index (χ1v) is 8.63. The van der Waals surface area contributed by atoms with Crippen LogP contribution in [0.2, 0.25) is 0 Å². The van der Waals surface area contributed by atoms with E-state index in [0.717, 1.165) is 18.5 Å². The molecule has 1 aliphatic heterocycles. The third kappa shape index (κ3) is 3.22. The fourth-order valence-electron chi connectivity index (χ4n) is 3.14. The van der Waals surface area contributed by atoms with E-state index < -0.39 is 5.54 Å². The average Bonchev–Trinajstić information content (AvgIpc) is 3.06. The smallest absolute Gasteiger partial charge is 0.228 e. The summed E-state index contributed by atoms with van der Waals surface area (Å²) in [7, 11) is 3.25. The molecule has 1 aliphatic rings. The van der Waals surface area contributed by atoms with Crippen molar-refractivity contribution >= 4 is 22.4 Å². The SMILES string of the molecule is COc1cc2c(cc1OC)C(C)(CC(=O)Nc1nccs1)NCC2. The Balaban J connectivity index is 1.87. The molecule has 1 amide bonds. The maximum atomic E-state index is 12.4. The summed E-state index contributed by atoms with van der Waals surface area (Å²) in [5.74, 6) is 1.32. The van der Waals surface area contributed by atoms with E-state index in [1.165, 1.54) is 16.9 Å². The van der Waals surface area contributed by atoms with Crippen LogP contribution < -0.4 is 20.1 Å². The van der Waals surface area contributed by atoms with Crippen molar-refractivity contribution < 1.29 is 14.3 Å². The zero-order chi connectivity index (χ0) is 17.2. The van der Waals surface area contributed by atoms with Gasteiger partial charge < -0.3 is 20.1 Å². The minimum atomic E-state index is -0.464. The molecule has 0 saturated heterocycles. The van der Waals surface area contributed by atoms with E-state index in [1.807, 2.05) is 24.4 Å². The number of thiazole rings is 1. The maximum Gasteiger partial charge on any atom is 0.228 e. The highest BCUT2D eigenvalue weighted by Gasteiger charge is 2.35. The zero-order valence-electron chi connectivity index (χ0n) is 14.0. The number of hydrogen-bond donors (Lipinski definition) is 2. The Morgan fingerprint density at radius 3 is 2.79 bits per heavy atom. The number of amides is 1. The van der Waals surface area contributed by atoms with Crippen LogP contribution in [0.15, 0.2) is 23.7 Å². The molecule has 1 aromatic carbocycles. The van der Waals surface area contributed by atoms with Gasteiger partial charge in [-0.25, -0.2) is 4.98 Å². The molecule has 1 unspecified atom stereocenters. The van der Waals surface area contributed by atoms with Crippen LogP contribution in [0.3, 0.4) is 0 Å². The van der Waals surface area contributed by atoms with Gasteiger partial charge in [-0.15, -0.1) is 11.3 Å². The van der Waals surface area contributed by atoms with E-state index in [-0.39, 0.29) is 5.91 Å². The molecule has 3 rings (SSSR count). The van der Waals surface area contributed by atoms with Gasteiger partial charge in [0, 0.05) is 30.1 Å². The number of nitrogens with one attached hydrogen (secondary N) is 2. The molecule has 2 heterocycles. The van der Waals surface area contributed by atoms with E-state index in [1.54, 1.807) is 20.4 Å². The maximum absolute atomic E-state index is 12.4. The molecule has 1 atom stereocenters. The number of hydrogen-bond acceptors (Lipinski definition) is 6. The highest BCUT2D eigenvalue weighted by molar-refractivity contribution is 7.13. The number of anilines is 1. The first-order chi connectivity index (χ1) is 11.6. The molecule has 2 N–H and O–H groups in total. The molecule has 7 heteroatoms. The molecule has 2 aromatic rings. The van der Waals surface area contributed by atoms with Crippen LogP contribution >= 0.6 is 11.3 Å². The van der Waals surface area contributed by atoms with Gasteiger partial charge in [-0.2, -0.15) is 0 Å². The van der Waals surface area contributed by atoms with Crippen molar-refractivity contribution in [2.24, 2.45) is 0 Å². The van der Waals surface area contributed by atoms with E-state index in [9.17, 15) is 4.79 Å². The highest BCUT2D eigenvalue weighted by atomic mass is 32.1. The van der Waals surface area contributed by atoms with Gasteiger partial charge in [0.1, 0.15) is 0 Å². The van der Waals surface area contributed by atoms with Crippen molar-refractivity contribution in [3.05, 3.63) is 34.8 Å². The van der Waals surface area contributed by atoms with Gasteiger partial charge in [0.2, 0.25) is 5.91 Å². The molecule has 128 valence electrons. The number of aromatic nitrogens is 1. The quantitative estimate of drug-likeness (QED) is 0.870. The lowest BCUT2D eigenvalue weighted by atomic mass is 9.81.